The Bertz CT molecular complexity index is 1000. The average molecular weight is 358 g/mol. The zero-order valence-corrected chi connectivity index (χ0v) is 14.7. The third-order valence-electron chi connectivity index (χ3n) is 4.53. The summed E-state index contributed by atoms with van der Waals surface area (Å²) in [5.41, 5.74) is 3.04. The molecule has 2 heterocycles. The van der Waals surface area contributed by atoms with E-state index in [9.17, 15) is 4.79 Å². The first-order chi connectivity index (χ1) is 13.2. The Morgan fingerprint density at radius 1 is 1.11 bits per heavy atom. The van der Waals surface area contributed by atoms with Crippen LogP contribution < -0.4 is 4.74 Å². The van der Waals surface area contributed by atoms with Gasteiger partial charge in [0.15, 0.2) is 0 Å². The minimum atomic E-state index is -0.0775. The lowest BCUT2D eigenvalue weighted by Crippen LogP contribution is -2.38. The number of carbonyl (C=O) groups excluding carboxylic acids is 1. The number of aromatic nitrogens is 2. The predicted octanol–water partition coefficient (Wildman–Crippen LogP) is 2.99. The third kappa shape index (κ3) is 3.67. The molecule has 3 aromatic rings. The van der Waals surface area contributed by atoms with Gasteiger partial charge in [0, 0.05) is 18.2 Å². The highest BCUT2D eigenvalue weighted by Crippen LogP contribution is 2.20. The first-order valence-electron chi connectivity index (χ1n) is 8.76. The number of rotatable bonds is 4. The monoisotopic (exact) mass is 358 g/mol. The second kappa shape index (κ2) is 7.34. The Hall–Kier alpha value is -3.59. The van der Waals surface area contributed by atoms with Crippen molar-refractivity contribution in [2.75, 3.05) is 6.54 Å². The maximum atomic E-state index is 12.8. The van der Waals surface area contributed by atoms with Crippen LogP contribution in [0.25, 0.3) is 0 Å². The molecule has 0 spiro atoms. The van der Waals surface area contributed by atoms with Gasteiger partial charge in [-0.3, -0.25) is 9.48 Å². The lowest BCUT2D eigenvalue weighted by molar-refractivity contribution is 0.0706. The first kappa shape index (κ1) is 16.9. The van der Waals surface area contributed by atoms with Crippen molar-refractivity contribution in [3.63, 3.8) is 0 Å². The molecule has 0 atom stereocenters. The number of amides is 1. The fourth-order valence-electron chi connectivity index (χ4n) is 3.12. The Morgan fingerprint density at radius 3 is 2.78 bits per heavy atom. The van der Waals surface area contributed by atoms with Crippen LogP contribution in [0.3, 0.4) is 0 Å². The molecule has 0 unspecified atom stereocenters. The van der Waals surface area contributed by atoms with Gasteiger partial charge < -0.3 is 9.64 Å². The molecule has 0 fully saturated rings. The molecular formula is C21H18N4O2. The summed E-state index contributed by atoms with van der Waals surface area (Å²) in [5, 5.41) is 13.5. The second-order valence-corrected chi connectivity index (χ2v) is 6.39. The van der Waals surface area contributed by atoms with Crippen molar-refractivity contribution in [2.24, 2.45) is 0 Å². The lowest BCUT2D eigenvalue weighted by Gasteiger charge is -2.27. The van der Waals surface area contributed by atoms with E-state index >= 15 is 0 Å². The molecular weight excluding hydrogens is 340 g/mol. The normalized spacial score (nSPS) is 12.9. The van der Waals surface area contributed by atoms with Crippen molar-refractivity contribution in [1.82, 2.24) is 14.7 Å². The van der Waals surface area contributed by atoms with Gasteiger partial charge in [-0.15, -0.1) is 5.10 Å². The van der Waals surface area contributed by atoms with E-state index in [0.29, 0.717) is 43.2 Å². The number of ether oxygens (including phenoxy) is 1. The lowest BCUT2D eigenvalue weighted by atomic mass is 10.1. The van der Waals surface area contributed by atoms with Crippen molar-refractivity contribution >= 4 is 5.91 Å². The van der Waals surface area contributed by atoms with Gasteiger partial charge in [-0.2, -0.15) is 5.26 Å². The van der Waals surface area contributed by atoms with E-state index in [1.165, 1.54) is 0 Å². The number of hydrogen-bond donors (Lipinski definition) is 0. The molecule has 1 aliphatic rings. The van der Waals surface area contributed by atoms with Crippen LogP contribution in [0.4, 0.5) is 0 Å². The zero-order valence-electron chi connectivity index (χ0n) is 14.7. The maximum Gasteiger partial charge on any atom is 0.254 e. The van der Waals surface area contributed by atoms with Gasteiger partial charge in [0.1, 0.15) is 6.61 Å². The van der Waals surface area contributed by atoms with Gasteiger partial charge in [-0.1, -0.05) is 36.4 Å². The quantitative estimate of drug-likeness (QED) is 0.719. The van der Waals surface area contributed by atoms with Crippen molar-refractivity contribution in [2.45, 2.75) is 19.7 Å². The largest absolute Gasteiger partial charge is 0.472 e. The molecule has 134 valence electrons. The molecule has 0 saturated heterocycles. The average Bonchev–Trinajstić information content (AvgIpc) is 3.14. The van der Waals surface area contributed by atoms with Crippen LogP contribution >= 0.6 is 0 Å². The summed E-state index contributed by atoms with van der Waals surface area (Å²) in [7, 11) is 0. The van der Waals surface area contributed by atoms with Crippen molar-refractivity contribution in [3.05, 3.63) is 83.0 Å². The summed E-state index contributed by atoms with van der Waals surface area (Å²) in [4.78, 5) is 14.5. The third-order valence-corrected chi connectivity index (χ3v) is 4.53. The van der Waals surface area contributed by atoms with Gasteiger partial charge in [0.25, 0.3) is 5.91 Å². The number of nitrogens with zero attached hydrogens (tertiary/aromatic N) is 4. The molecule has 0 radical (unpaired) electrons. The number of nitriles is 1. The van der Waals surface area contributed by atoms with Gasteiger partial charge in [0.05, 0.1) is 30.4 Å². The van der Waals surface area contributed by atoms with Crippen LogP contribution in [0.15, 0.2) is 60.7 Å². The molecule has 27 heavy (non-hydrogen) atoms. The van der Waals surface area contributed by atoms with Crippen molar-refractivity contribution in [1.29, 1.82) is 5.26 Å². The molecule has 0 aliphatic carbocycles. The Kier molecular flexibility index (Phi) is 4.58. The van der Waals surface area contributed by atoms with E-state index in [-0.39, 0.29) is 5.91 Å². The zero-order chi connectivity index (χ0) is 18.6. The second-order valence-electron chi connectivity index (χ2n) is 6.39. The molecule has 6 heteroatoms. The van der Waals surface area contributed by atoms with Gasteiger partial charge in [-0.05, 0) is 23.8 Å². The van der Waals surface area contributed by atoms with Crippen LogP contribution in [0.1, 0.15) is 27.2 Å². The van der Waals surface area contributed by atoms with E-state index < -0.39 is 0 Å². The van der Waals surface area contributed by atoms with E-state index in [2.05, 4.69) is 11.2 Å². The Morgan fingerprint density at radius 2 is 1.96 bits per heavy atom. The Balaban J connectivity index is 1.44. The molecule has 0 saturated carbocycles. The van der Waals surface area contributed by atoms with Crippen LogP contribution in [0.2, 0.25) is 0 Å². The van der Waals surface area contributed by atoms with Crippen LogP contribution in [-0.2, 0) is 19.7 Å². The minimum Gasteiger partial charge on any atom is -0.472 e. The molecule has 1 aliphatic heterocycles. The van der Waals surface area contributed by atoms with E-state index in [0.717, 1.165) is 11.3 Å². The topological polar surface area (TPSA) is 71.2 Å². The number of benzene rings is 2. The summed E-state index contributed by atoms with van der Waals surface area (Å²) in [6, 6.07) is 20.7. The van der Waals surface area contributed by atoms with Gasteiger partial charge >= 0.3 is 0 Å². The van der Waals surface area contributed by atoms with Crippen LogP contribution in [-0.4, -0.2) is 27.1 Å². The Labute approximate surface area is 157 Å². The van der Waals surface area contributed by atoms with Crippen LogP contribution in [0.5, 0.6) is 5.88 Å². The molecule has 0 N–H and O–H groups in total. The van der Waals surface area contributed by atoms with Crippen molar-refractivity contribution < 1.29 is 9.53 Å². The molecule has 1 aromatic heterocycles. The fraction of sp³-hybridized carbons (Fsp3) is 0.190. The summed E-state index contributed by atoms with van der Waals surface area (Å²) in [6.07, 6.45) is 0. The van der Waals surface area contributed by atoms with Crippen molar-refractivity contribution in [3.8, 4) is 11.9 Å². The SMILES string of the molecule is N#Cc1cccc(C(=O)N2CCn3nc(OCc4ccccc4)cc3C2)c1. The fourth-order valence-corrected chi connectivity index (χ4v) is 3.12. The van der Waals surface area contributed by atoms with Gasteiger partial charge in [-0.25, -0.2) is 0 Å². The predicted molar refractivity (Wildman–Crippen MR) is 98.9 cm³/mol. The molecule has 6 nitrogen and oxygen atoms in total. The van der Waals surface area contributed by atoms with Gasteiger partial charge in [0.2, 0.25) is 5.88 Å². The minimum absolute atomic E-state index is 0.0775. The van der Waals surface area contributed by atoms with E-state index in [4.69, 9.17) is 10.00 Å². The first-order valence-corrected chi connectivity index (χ1v) is 8.76. The highest BCUT2D eigenvalue weighted by Gasteiger charge is 2.23. The summed E-state index contributed by atoms with van der Waals surface area (Å²) in [5.74, 6) is 0.487. The smallest absolute Gasteiger partial charge is 0.254 e. The molecule has 1 amide bonds. The highest BCUT2D eigenvalue weighted by atomic mass is 16.5. The van der Waals surface area contributed by atoms with E-state index in [1.54, 1.807) is 29.2 Å². The summed E-state index contributed by atoms with van der Waals surface area (Å²) < 4.78 is 7.67. The van der Waals surface area contributed by atoms with E-state index in [1.807, 2.05) is 41.1 Å². The van der Waals surface area contributed by atoms with Crippen LogP contribution in [0, 0.1) is 11.3 Å². The summed E-state index contributed by atoms with van der Waals surface area (Å²) >= 11 is 0. The maximum absolute atomic E-state index is 12.8. The molecule has 2 aromatic carbocycles. The number of hydrogen-bond acceptors (Lipinski definition) is 4. The standard InChI is InChI=1S/C21H18N4O2/c22-13-17-7-4-8-18(11-17)21(26)24-9-10-25-19(14-24)12-20(23-25)27-15-16-5-2-1-3-6-16/h1-8,11-12H,9-10,14-15H2. The highest BCUT2D eigenvalue weighted by molar-refractivity contribution is 5.94. The molecule has 4 rings (SSSR count). The number of carbonyl (C=O) groups is 1. The number of fused-ring (bicyclic) bond motifs is 1. The molecule has 0 bridgehead atoms. The summed E-state index contributed by atoms with van der Waals surface area (Å²) in [6.45, 7) is 2.12.